The largest absolute Gasteiger partial charge is 0.494 e. The van der Waals surface area contributed by atoms with Crippen LogP contribution in [0.1, 0.15) is 6.92 Å². The number of thiocarbonyl (C=S) groups is 1. The number of nitrogens with one attached hydrogen (secondary N) is 3. The lowest BCUT2D eigenvalue weighted by molar-refractivity contribution is -0.121. The lowest BCUT2D eigenvalue weighted by Gasteiger charge is -2.13. The molecule has 0 aliphatic carbocycles. The molecule has 11 heteroatoms. The molecule has 0 radical (unpaired) electrons. The van der Waals surface area contributed by atoms with Crippen molar-refractivity contribution in [2.45, 2.75) is 11.8 Å². The molecule has 1 amide bonds. The molecular weight excluding hydrogens is 590 g/mol. The van der Waals surface area contributed by atoms with E-state index in [-0.39, 0.29) is 16.6 Å². The van der Waals surface area contributed by atoms with Gasteiger partial charge in [0.25, 0.3) is 15.9 Å². The molecule has 0 fully saturated rings. The maximum absolute atomic E-state index is 12.7. The van der Waals surface area contributed by atoms with Crippen LogP contribution >= 0.6 is 28.1 Å². The van der Waals surface area contributed by atoms with Gasteiger partial charge in [0.2, 0.25) is 0 Å². The minimum absolute atomic E-state index is 0.0549. The molecule has 4 aromatic rings. The van der Waals surface area contributed by atoms with Gasteiger partial charge in [-0.2, -0.15) is 0 Å². The van der Waals surface area contributed by atoms with E-state index in [9.17, 15) is 13.2 Å². The van der Waals surface area contributed by atoms with Crippen molar-refractivity contribution >= 4 is 71.3 Å². The highest BCUT2D eigenvalue weighted by molar-refractivity contribution is 9.10. The van der Waals surface area contributed by atoms with E-state index in [4.69, 9.17) is 21.7 Å². The molecule has 0 heterocycles. The van der Waals surface area contributed by atoms with Gasteiger partial charge in [-0.15, -0.1) is 0 Å². The van der Waals surface area contributed by atoms with Crippen molar-refractivity contribution < 1.29 is 22.7 Å². The number of fused-ring (bicyclic) bond motifs is 1. The van der Waals surface area contributed by atoms with E-state index in [0.29, 0.717) is 29.5 Å². The number of carbonyl (C=O) groups excluding carboxylic acids is 1. The van der Waals surface area contributed by atoms with Crippen LogP contribution < -0.4 is 24.8 Å². The quantitative estimate of drug-likeness (QED) is 0.208. The number of ether oxygens (including phenoxy) is 2. The Morgan fingerprint density at radius 3 is 2.29 bits per heavy atom. The van der Waals surface area contributed by atoms with Crippen molar-refractivity contribution in [2.75, 3.05) is 23.3 Å². The third kappa shape index (κ3) is 7.00. The average Bonchev–Trinajstić information content (AvgIpc) is 2.90. The van der Waals surface area contributed by atoms with Crippen LogP contribution in [-0.2, 0) is 14.8 Å². The van der Waals surface area contributed by atoms with Crippen LogP contribution in [-0.4, -0.2) is 32.7 Å². The lowest BCUT2D eigenvalue weighted by Crippen LogP contribution is -2.37. The summed E-state index contributed by atoms with van der Waals surface area (Å²) >= 11 is 8.73. The molecule has 0 saturated carbocycles. The van der Waals surface area contributed by atoms with E-state index in [1.807, 2.05) is 37.3 Å². The molecule has 38 heavy (non-hydrogen) atoms. The van der Waals surface area contributed by atoms with Crippen LogP contribution in [0.5, 0.6) is 11.5 Å². The number of benzene rings is 4. The van der Waals surface area contributed by atoms with Crippen molar-refractivity contribution in [3.63, 3.8) is 0 Å². The summed E-state index contributed by atoms with van der Waals surface area (Å²) in [5.74, 6) is 0.747. The topological polar surface area (TPSA) is 106 Å². The Hall–Kier alpha value is -3.67. The summed E-state index contributed by atoms with van der Waals surface area (Å²) < 4.78 is 39.7. The number of sulfonamides is 1. The number of hydrogen-bond acceptors (Lipinski definition) is 6. The van der Waals surface area contributed by atoms with E-state index < -0.39 is 15.9 Å². The van der Waals surface area contributed by atoms with E-state index in [0.717, 1.165) is 15.2 Å². The molecule has 196 valence electrons. The Kier molecular flexibility index (Phi) is 8.82. The van der Waals surface area contributed by atoms with Crippen molar-refractivity contribution in [3.05, 3.63) is 89.4 Å². The molecule has 3 N–H and O–H groups in total. The van der Waals surface area contributed by atoms with E-state index >= 15 is 0 Å². The fourth-order valence-corrected chi connectivity index (χ4v) is 5.41. The van der Waals surface area contributed by atoms with Crippen molar-refractivity contribution in [3.8, 4) is 11.5 Å². The zero-order chi connectivity index (χ0) is 27.1. The Bertz CT molecular complexity index is 1560. The molecule has 4 aromatic carbocycles. The van der Waals surface area contributed by atoms with E-state index in [1.165, 1.54) is 12.1 Å². The normalized spacial score (nSPS) is 11.0. The Morgan fingerprint density at radius 1 is 0.895 bits per heavy atom. The Labute approximate surface area is 234 Å². The monoisotopic (exact) mass is 613 g/mol. The summed E-state index contributed by atoms with van der Waals surface area (Å²) in [4.78, 5) is 12.4. The number of amides is 1. The first kappa shape index (κ1) is 27.4. The highest BCUT2D eigenvalue weighted by Gasteiger charge is 2.15. The molecule has 0 bridgehead atoms. The third-order valence-corrected chi connectivity index (χ3v) is 7.70. The standard InChI is InChI=1S/C27H24BrN3O5S2/c1-2-35-21-12-8-20(9-13-21)31-38(33,34)22-14-10-19(11-15-22)29-27(37)30-25(32)17-36-24-16-7-18-5-3-4-6-23(18)26(24)28/h3-16,31H,2,17H2,1H3,(H2,29,30,32,37). The third-order valence-electron chi connectivity index (χ3n) is 5.28. The second-order valence-electron chi connectivity index (χ2n) is 7.98. The number of anilines is 2. The first-order valence-electron chi connectivity index (χ1n) is 11.5. The second kappa shape index (κ2) is 12.2. The predicted octanol–water partition coefficient (Wildman–Crippen LogP) is 5.69. The molecular formula is C27H24BrN3O5S2. The number of hydrogen-bond donors (Lipinski definition) is 3. The van der Waals surface area contributed by atoms with Gasteiger partial charge in [0.05, 0.1) is 16.0 Å². The molecule has 0 aliphatic rings. The van der Waals surface area contributed by atoms with E-state index in [1.54, 1.807) is 42.5 Å². The summed E-state index contributed by atoms with van der Waals surface area (Å²) in [6.45, 7) is 2.15. The number of carbonyl (C=O) groups is 1. The first-order chi connectivity index (χ1) is 18.2. The van der Waals surface area contributed by atoms with Crippen LogP contribution in [0.25, 0.3) is 10.8 Å². The smallest absolute Gasteiger partial charge is 0.264 e. The van der Waals surface area contributed by atoms with Gasteiger partial charge in [-0.25, -0.2) is 8.42 Å². The van der Waals surface area contributed by atoms with Crippen LogP contribution in [0.4, 0.5) is 11.4 Å². The molecule has 4 rings (SSSR count). The fourth-order valence-electron chi connectivity index (χ4n) is 3.51. The number of rotatable bonds is 9. The fraction of sp³-hybridized carbons (Fsp3) is 0.111. The highest BCUT2D eigenvalue weighted by Crippen LogP contribution is 2.33. The molecule has 8 nitrogen and oxygen atoms in total. The lowest BCUT2D eigenvalue weighted by atomic mass is 10.1. The molecule has 0 saturated heterocycles. The van der Waals surface area contributed by atoms with Gasteiger partial charge in [0.1, 0.15) is 11.5 Å². The molecule has 0 atom stereocenters. The van der Waals surface area contributed by atoms with Gasteiger partial charge in [0.15, 0.2) is 11.7 Å². The predicted molar refractivity (Wildman–Crippen MR) is 156 cm³/mol. The van der Waals surface area contributed by atoms with Gasteiger partial charge < -0.3 is 14.8 Å². The van der Waals surface area contributed by atoms with E-state index in [2.05, 4.69) is 31.3 Å². The minimum atomic E-state index is -3.80. The maximum atomic E-state index is 12.7. The van der Waals surface area contributed by atoms with Gasteiger partial charge in [0, 0.05) is 11.4 Å². The van der Waals surface area contributed by atoms with Gasteiger partial charge >= 0.3 is 0 Å². The van der Waals surface area contributed by atoms with Crippen LogP contribution in [0.2, 0.25) is 0 Å². The Balaban J connectivity index is 1.29. The maximum Gasteiger partial charge on any atom is 0.264 e. The van der Waals surface area contributed by atoms with Crippen molar-refractivity contribution in [1.82, 2.24) is 5.32 Å². The summed E-state index contributed by atoms with van der Waals surface area (Å²) in [6.07, 6.45) is 0. The molecule has 0 aliphatic heterocycles. The van der Waals surface area contributed by atoms with Crippen LogP contribution in [0.3, 0.4) is 0 Å². The summed E-state index contributed by atoms with van der Waals surface area (Å²) in [6, 6.07) is 24.1. The van der Waals surface area contributed by atoms with Crippen molar-refractivity contribution in [2.24, 2.45) is 0 Å². The highest BCUT2D eigenvalue weighted by atomic mass is 79.9. The molecule has 0 unspecified atom stereocenters. The van der Waals surface area contributed by atoms with Crippen LogP contribution in [0.15, 0.2) is 94.3 Å². The van der Waals surface area contributed by atoms with Gasteiger partial charge in [-0.05, 0) is 100 Å². The summed E-state index contributed by atoms with van der Waals surface area (Å²) in [5, 5.41) is 7.48. The van der Waals surface area contributed by atoms with Gasteiger partial charge in [-0.1, -0.05) is 30.3 Å². The van der Waals surface area contributed by atoms with Crippen LogP contribution in [0, 0.1) is 0 Å². The summed E-state index contributed by atoms with van der Waals surface area (Å²) in [5.41, 5.74) is 0.922. The second-order valence-corrected chi connectivity index (χ2v) is 10.9. The van der Waals surface area contributed by atoms with Gasteiger partial charge in [-0.3, -0.25) is 14.8 Å². The summed E-state index contributed by atoms with van der Waals surface area (Å²) in [7, 11) is -3.80. The molecule has 0 spiro atoms. The molecule has 0 aromatic heterocycles. The average molecular weight is 615 g/mol. The van der Waals surface area contributed by atoms with Crippen molar-refractivity contribution in [1.29, 1.82) is 0 Å². The zero-order valence-corrected chi connectivity index (χ0v) is 23.5. The minimum Gasteiger partial charge on any atom is -0.494 e. The Morgan fingerprint density at radius 2 is 1.58 bits per heavy atom. The zero-order valence-electron chi connectivity index (χ0n) is 20.2. The first-order valence-corrected chi connectivity index (χ1v) is 14.2. The SMILES string of the molecule is CCOc1ccc(NS(=O)(=O)c2ccc(NC(=S)NC(=O)COc3ccc4ccccc4c3Br)cc2)cc1. The number of halogens is 1.